The number of carbonyl (C=O) groups is 1. The molecule has 3 heterocycles. The van der Waals surface area contributed by atoms with Crippen molar-refractivity contribution in [2.24, 2.45) is 5.41 Å². The molecule has 1 aromatic heterocycles. The van der Waals surface area contributed by atoms with Crippen molar-refractivity contribution in [1.29, 1.82) is 0 Å². The summed E-state index contributed by atoms with van der Waals surface area (Å²) >= 11 is 3.83. The first kappa shape index (κ1) is 28.7. The zero-order valence-electron chi connectivity index (χ0n) is 25.0. The normalized spacial score (nSPS) is 20.9. The summed E-state index contributed by atoms with van der Waals surface area (Å²) in [5.74, 6) is 0.954. The molecule has 0 N–H and O–H groups in total. The van der Waals surface area contributed by atoms with Crippen molar-refractivity contribution in [2.45, 2.75) is 104 Å². The van der Waals surface area contributed by atoms with Crippen LogP contribution in [-0.2, 0) is 15.6 Å². The topological polar surface area (TPSA) is 65.8 Å². The van der Waals surface area contributed by atoms with Gasteiger partial charge < -0.3 is 18.8 Å². The zero-order chi connectivity index (χ0) is 28.5. The maximum Gasteiger partial charge on any atom is 0.410 e. The van der Waals surface area contributed by atoms with Gasteiger partial charge in [0.25, 0.3) is 0 Å². The number of halogens is 1. The van der Waals surface area contributed by atoms with Crippen molar-refractivity contribution < 1.29 is 18.7 Å². The smallest absolute Gasteiger partial charge is 0.410 e. The Kier molecular flexibility index (Phi) is 7.07. The SMILES string of the molecule is Cc1c(Br)c(-c2ccc3c(c2)CC(CO[Si](C)(C)C(C)(C)C)O3)nn1C1CC2(C1)CN(C(=O)OC(C)(C)C)C2. The molecule has 214 valence electrons. The number of amides is 1. The van der Waals surface area contributed by atoms with E-state index in [1.165, 1.54) is 5.56 Å². The summed E-state index contributed by atoms with van der Waals surface area (Å²) in [5.41, 5.74) is 4.19. The molecule has 39 heavy (non-hydrogen) atoms. The van der Waals surface area contributed by atoms with Gasteiger partial charge in [-0.2, -0.15) is 5.10 Å². The summed E-state index contributed by atoms with van der Waals surface area (Å²) in [6.45, 7) is 21.4. The van der Waals surface area contributed by atoms with Crippen LogP contribution in [0, 0.1) is 12.3 Å². The summed E-state index contributed by atoms with van der Waals surface area (Å²) in [6, 6.07) is 6.77. The fourth-order valence-electron chi connectivity index (χ4n) is 5.71. The van der Waals surface area contributed by atoms with E-state index >= 15 is 0 Å². The molecule has 5 rings (SSSR count). The third-order valence-corrected chi connectivity index (χ3v) is 14.4. The van der Waals surface area contributed by atoms with Crippen molar-refractivity contribution in [1.82, 2.24) is 14.7 Å². The minimum Gasteiger partial charge on any atom is -0.487 e. The fraction of sp³-hybridized carbons (Fsp3) is 0.667. The van der Waals surface area contributed by atoms with E-state index in [1.807, 2.05) is 25.7 Å². The first-order valence-electron chi connectivity index (χ1n) is 14.1. The Hall–Kier alpha value is -1.84. The minimum atomic E-state index is -1.81. The average molecular weight is 619 g/mol. The summed E-state index contributed by atoms with van der Waals surface area (Å²) in [4.78, 5) is 14.2. The molecular weight excluding hydrogens is 574 g/mol. The van der Waals surface area contributed by atoms with Crippen molar-refractivity contribution in [3.8, 4) is 17.0 Å². The Morgan fingerprint density at radius 2 is 1.85 bits per heavy atom. The van der Waals surface area contributed by atoms with Gasteiger partial charge >= 0.3 is 6.09 Å². The quantitative estimate of drug-likeness (QED) is 0.325. The molecule has 1 saturated carbocycles. The van der Waals surface area contributed by atoms with Crippen LogP contribution in [0.5, 0.6) is 5.75 Å². The van der Waals surface area contributed by atoms with Crippen molar-refractivity contribution in [3.63, 3.8) is 0 Å². The van der Waals surface area contributed by atoms with Crippen LogP contribution in [0.3, 0.4) is 0 Å². The van der Waals surface area contributed by atoms with Crippen LogP contribution in [0.4, 0.5) is 4.79 Å². The van der Waals surface area contributed by atoms with Gasteiger partial charge in [-0.15, -0.1) is 0 Å². The van der Waals surface area contributed by atoms with E-state index in [1.54, 1.807) is 0 Å². The standard InChI is InChI=1S/C30H44BrN3O4Si/c1-19-25(31)26(32-34(19)22-14-30(15-22)17-33(18-30)27(35)38-28(2,3)4)20-10-11-24-21(12-20)13-23(37-24)16-36-39(8,9)29(5,6)7/h10-12,22-23H,13-18H2,1-9H3. The second-order valence-electron chi connectivity index (χ2n) is 14.4. The first-order valence-corrected chi connectivity index (χ1v) is 17.8. The van der Waals surface area contributed by atoms with Gasteiger partial charge in [-0.1, -0.05) is 20.8 Å². The van der Waals surface area contributed by atoms with Crippen molar-refractivity contribution in [3.05, 3.63) is 33.9 Å². The molecule has 1 atom stereocenters. The second-order valence-corrected chi connectivity index (χ2v) is 20.0. The average Bonchev–Trinajstić information content (AvgIpc) is 3.29. The predicted octanol–water partition coefficient (Wildman–Crippen LogP) is 7.52. The number of nitrogens with zero attached hydrogens (tertiary/aromatic N) is 3. The Labute approximate surface area is 242 Å². The maximum absolute atomic E-state index is 12.4. The van der Waals surface area contributed by atoms with Crippen molar-refractivity contribution in [2.75, 3.05) is 19.7 Å². The molecule has 1 saturated heterocycles. The molecule has 1 amide bonds. The van der Waals surface area contributed by atoms with Gasteiger partial charge in [-0.05, 0) is 98.4 Å². The van der Waals surface area contributed by atoms with Crippen LogP contribution >= 0.6 is 15.9 Å². The molecule has 1 aromatic carbocycles. The van der Waals surface area contributed by atoms with Crippen LogP contribution < -0.4 is 4.74 Å². The molecule has 3 aliphatic rings. The highest BCUT2D eigenvalue weighted by Crippen LogP contribution is 2.55. The molecule has 7 nitrogen and oxygen atoms in total. The summed E-state index contributed by atoms with van der Waals surface area (Å²) in [6.07, 6.45) is 2.78. The molecule has 9 heteroatoms. The number of ether oxygens (including phenoxy) is 2. The summed E-state index contributed by atoms with van der Waals surface area (Å²) in [5, 5.41) is 5.26. The lowest BCUT2D eigenvalue weighted by Crippen LogP contribution is -2.64. The zero-order valence-corrected chi connectivity index (χ0v) is 27.6. The number of benzene rings is 1. The van der Waals surface area contributed by atoms with Gasteiger partial charge in [0.05, 0.1) is 22.8 Å². The van der Waals surface area contributed by atoms with Gasteiger partial charge in [0.2, 0.25) is 0 Å². The van der Waals surface area contributed by atoms with Crippen LogP contribution in [0.25, 0.3) is 11.3 Å². The van der Waals surface area contributed by atoms with E-state index in [-0.39, 0.29) is 22.7 Å². The molecule has 0 bridgehead atoms. The van der Waals surface area contributed by atoms with Crippen LogP contribution in [0.15, 0.2) is 22.7 Å². The van der Waals surface area contributed by atoms with Crippen LogP contribution in [0.1, 0.15) is 71.7 Å². The maximum atomic E-state index is 12.4. The van der Waals surface area contributed by atoms with Gasteiger partial charge in [0, 0.05) is 30.5 Å². The lowest BCUT2D eigenvalue weighted by Gasteiger charge is -2.58. The highest BCUT2D eigenvalue weighted by atomic mass is 79.9. The number of aromatic nitrogens is 2. The van der Waals surface area contributed by atoms with E-state index in [0.29, 0.717) is 12.6 Å². The van der Waals surface area contributed by atoms with E-state index < -0.39 is 13.9 Å². The largest absolute Gasteiger partial charge is 0.487 e. The molecule has 2 fully saturated rings. The highest BCUT2D eigenvalue weighted by Gasteiger charge is 2.55. The first-order chi connectivity index (χ1) is 18.0. The second kappa shape index (κ2) is 9.62. The molecule has 2 aromatic rings. The molecule has 2 aliphatic heterocycles. The van der Waals surface area contributed by atoms with Gasteiger partial charge in [-0.25, -0.2) is 4.79 Å². The Morgan fingerprint density at radius 1 is 1.18 bits per heavy atom. The monoisotopic (exact) mass is 617 g/mol. The number of hydrogen-bond donors (Lipinski definition) is 0. The Balaban J connectivity index is 1.21. The van der Waals surface area contributed by atoms with E-state index in [2.05, 4.69) is 79.6 Å². The third-order valence-electron chi connectivity index (χ3n) is 8.98. The molecule has 1 aliphatic carbocycles. The van der Waals surface area contributed by atoms with Crippen LogP contribution in [-0.4, -0.2) is 60.5 Å². The lowest BCUT2D eigenvalue weighted by atomic mass is 9.61. The van der Waals surface area contributed by atoms with Gasteiger partial charge in [0.15, 0.2) is 8.32 Å². The molecule has 1 unspecified atom stereocenters. The highest BCUT2D eigenvalue weighted by molar-refractivity contribution is 9.10. The van der Waals surface area contributed by atoms with Gasteiger partial charge in [0.1, 0.15) is 23.1 Å². The summed E-state index contributed by atoms with van der Waals surface area (Å²) in [7, 11) is -1.81. The molecular formula is C30H44BrN3O4Si. The third kappa shape index (κ3) is 5.55. The van der Waals surface area contributed by atoms with Crippen LogP contribution in [0.2, 0.25) is 18.1 Å². The molecule has 1 spiro atoms. The Morgan fingerprint density at radius 3 is 2.46 bits per heavy atom. The Bertz CT molecular complexity index is 1260. The number of carbonyl (C=O) groups excluding carboxylic acids is 1. The number of hydrogen-bond acceptors (Lipinski definition) is 5. The fourth-order valence-corrected chi connectivity index (χ4v) is 7.23. The summed E-state index contributed by atoms with van der Waals surface area (Å²) < 4.78 is 21.4. The molecule has 0 radical (unpaired) electrons. The number of likely N-dealkylation sites (tertiary alicyclic amines) is 1. The van der Waals surface area contributed by atoms with Crippen molar-refractivity contribution >= 4 is 30.3 Å². The van der Waals surface area contributed by atoms with E-state index in [0.717, 1.165) is 59.5 Å². The minimum absolute atomic E-state index is 0.0565. The predicted molar refractivity (Wildman–Crippen MR) is 160 cm³/mol. The van der Waals surface area contributed by atoms with E-state index in [9.17, 15) is 4.79 Å². The lowest BCUT2D eigenvalue weighted by molar-refractivity contribution is -0.0930. The van der Waals surface area contributed by atoms with E-state index in [4.69, 9.17) is 19.0 Å². The van der Waals surface area contributed by atoms with Gasteiger partial charge in [-0.3, -0.25) is 4.68 Å². The number of rotatable bonds is 5. The number of fused-ring (bicyclic) bond motifs is 1.